The second kappa shape index (κ2) is 13.4. The molecule has 254 valence electrons. The van der Waals surface area contributed by atoms with E-state index in [1.54, 1.807) is 0 Å². The van der Waals surface area contributed by atoms with Crippen molar-refractivity contribution in [2.75, 3.05) is 4.90 Å². The van der Waals surface area contributed by atoms with E-state index >= 15 is 0 Å². The highest BCUT2D eigenvalue weighted by Crippen LogP contribution is 2.45. The Morgan fingerprint density at radius 1 is 0.333 bits per heavy atom. The van der Waals surface area contributed by atoms with Crippen LogP contribution in [-0.4, -0.2) is 4.57 Å². The molecule has 1 aromatic heterocycles. The lowest BCUT2D eigenvalue weighted by Crippen LogP contribution is -2.10. The molecule has 0 amide bonds. The van der Waals surface area contributed by atoms with Crippen LogP contribution in [0.3, 0.4) is 0 Å². The van der Waals surface area contributed by atoms with Crippen molar-refractivity contribution in [1.82, 2.24) is 4.57 Å². The van der Waals surface area contributed by atoms with Crippen LogP contribution in [0.1, 0.15) is 0 Å². The molecule has 0 N–H and O–H groups in total. The number of benzene rings is 9. The molecule has 10 aromatic rings. The van der Waals surface area contributed by atoms with Crippen LogP contribution in [0.2, 0.25) is 0 Å². The maximum atomic E-state index is 2.43. The Morgan fingerprint density at radius 3 is 1.50 bits per heavy atom. The molecule has 0 bridgehead atoms. The molecule has 10 rings (SSSR count). The number of hydrogen-bond acceptors (Lipinski definition) is 1. The minimum absolute atomic E-state index is 1.10. The topological polar surface area (TPSA) is 8.17 Å². The van der Waals surface area contributed by atoms with Gasteiger partial charge in [-0.15, -0.1) is 0 Å². The lowest BCUT2D eigenvalue weighted by Gasteiger charge is -2.27. The molecule has 0 saturated heterocycles. The van der Waals surface area contributed by atoms with Gasteiger partial charge in [-0.1, -0.05) is 164 Å². The van der Waals surface area contributed by atoms with Crippen LogP contribution >= 0.6 is 0 Å². The highest BCUT2D eigenvalue weighted by atomic mass is 15.1. The van der Waals surface area contributed by atoms with E-state index in [-0.39, 0.29) is 0 Å². The molecule has 0 spiro atoms. The van der Waals surface area contributed by atoms with Crippen LogP contribution in [0.4, 0.5) is 17.1 Å². The molecule has 0 aliphatic heterocycles. The zero-order valence-electron chi connectivity index (χ0n) is 29.7. The first-order chi connectivity index (χ1) is 26.8. The molecule has 0 atom stereocenters. The van der Waals surface area contributed by atoms with Gasteiger partial charge in [0.05, 0.1) is 16.7 Å². The first-order valence-corrected chi connectivity index (χ1v) is 18.5. The predicted molar refractivity (Wildman–Crippen MR) is 229 cm³/mol. The minimum Gasteiger partial charge on any atom is -0.310 e. The average molecular weight is 689 g/mol. The standard InChI is InChI=1S/C52H36N2/c1-4-14-37(15-5-1)39-26-31-44(32-27-39)53(45-33-28-40(29-34-45)38-16-6-2-7-17-38)49-24-13-25-50-52(49)48-35-30-42(36-51(48)54(50)43-20-8-3-9-21-43)47-23-12-19-41-18-10-11-22-46(41)47/h1-36H. The molecule has 0 aliphatic rings. The molecule has 9 aromatic carbocycles. The number of hydrogen-bond donors (Lipinski definition) is 0. The Labute approximate surface area is 315 Å². The fourth-order valence-electron chi connectivity index (χ4n) is 8.03. The normalized spacial score (nSPS) is 11.3. The maximum Gasteiger partial charge on any atom is 0.0562 e. The van der Waals surface area contributed by atoms with Gasteiger partial charge in [0.2, 0.25) is 0 Å². The summed E-state index contributed by atoms with van der Waals surface area (Å²) in [6, 6.07) is 78.9. The summed E-state index contributed by atoms with van der Waals surface area (Å²) in [5.74, 6) is 0. The van der Waals surface area contributed by atoms with Crippen molar-refractivity contribution in [1.29, 1.82) is 0 Å². The summed E-state index contributed by atoms with van der Waals surface area (Å²) in [4.78, 5) is 2.42. The van der Waals surface area contributed by atoms with Crippen molar-refractivity contribution in [3.8, 4) is 39.1 Å². The highest BCUT2D eigenvalue weighted by molar-refractivity contribution is 6.17. The Kier molecular flexibility index (Phi) is 7.85. The number of rotatable bonds is 7. The Hall–Kier alpha value is -7.16. The number of fused-ring (bicyclic) bond motifs is 4. The van der Waals surface area contributed by atoms with E-state index in [1.165, 1.54) is 60.4 Å². The Balaban J connectivity index is 1.21. The predicted octanol–water partition coefficient (Wildman–Crippen LogP) is 14.4. The van der Waals surface area contributed by atoms with Crippen LogP contribution in [0.5, 0.6) is 0 Å². The van der Waals surface area contributed by atoms with Gasteiger partial charge >= 0.3 is 0 Å². The second-order valence-corrected chi connectivity index (χ2v) is 13.8. The third-order valence-electron chi connectivity index (χ3n) is 10.6. The minimum atomic E-state index is 1.10. The van der Waals surface area contributed by atoms with E-state index in [0.717, 1.165) is 28.3 Å². The fourth-order valence-corrected chi connectivity index (χ4v) is 8.03. The third kappa shape index (κ3) is 5.53. The molecule has 0 aliphatic carbocycles. The third-order valence-corrected chi connectivity index (χ3v) is 10.6. The molecule has 54 heavy (non-hydrogen) atoms. The molecular weight excluding hydrogens is 653 g/mol. The van der Waals surface area contributed by atoms with E-state index in [0.29, 0.717) is 0 Å². The molecule has 0 radical (unpaired) electrons. The summed E-state index contributed by atoms with van der Waals surface area (Å²) >= 11 is 0. The second-order valence-electron chi connectivity index (χ2n) is 13.8. The summed E-state index contributed by atoms with van der Waals surface area (Å²) in [5.41, 5.74) is 14.0. The van der Waals surface area contributed by atoms with E-state index < -0.39 is 0 Å². The summed E-state index contributed by atoms with van der Waals surface area (Å²) in [5, 5.41) is 4.92. The van der Waals surface area contributed by atoms with Gasteiger partial charge in [-0.05, 0) is 98.8 Å². The van der Waals surface area contributed by atoms with Crippen LogP contribution in [-0.2, 0) is 0 Å². The smallest absolute Gasteiger partial charge is 0.0562 e. The number of anilines is 3. The van der Waals surface area contributed by atoms with Crippen LogP contribution in [0.25, 0.3) is 71.6 Å². The lowest BCUT2D eigenvalue weighted by molar-refractivity contribution is 1.18. The summed E-state index contributed by atoms with van der Waals surface area (Å²) < 4.78 is 2.43. The van der Waals surface area contributed by atoms with Gasteiger partial charge in [-0.25, -0.2) is 0 Å². The molecule has 2 heteroatoms. The van der Waals surface area contributed by atoms with Crippen molar-refractivity contribution >= 4 is 49.6 Å². The number of para-hydroxylation sites is 1. The lowest BCUT2D eigenvalue weighted by atomic mass is 9.97. The quantitative estimate of drug-likeness (QED) is 0.162. The Bertz CT molecular complexity index is 2800. The Morgan fingerprint density at radius 2 is 0.852 bits per heavy atom. The molecule has 2 nitrogen and oxygen atoms in total. The van der Waals surface area contributed by atoms with Crippen molar-refractivity contribution in [2.24, 2.45) is 0 Å². The SMILES string of the molecule is c1ccc(-c2ccc(N(c3ccc(-c4ccccc4)cc3)c3cccc4c3c3ccc(-c5cccc6ccccc56)cc3n4-c3ccccc3)cc2)cc1. The summed E-state index contributed by atoms with van der Waals surface area (Å²) in [6.07, 6.45) is 0. The largest absolute Gasteiger partial charge is 0.310 e. The molecule has 1 heterocycles. The molecule has 0 fully saturated rings. The van der Waals surface area contributed by atoms with Crippen LogP contribution < -0.4 is 4.90 Å². The zero-order valence-corrected chi connectivity index (χ0v) is 29.7. The summed E-state index contributed by atoms with van der Waals surface area (Å²) in [6.45, 7) is 0. The zero-order chi connectivity index (χ0) is 35.8. The van der Waals surface area contributed by atoms with Gasteiger partial charge in [-0.2, -0.15) is 0 Å². The van der Waals surface area contributed by atoms with Crippen molar-refractivity contribution in [3.63, 3.8) is 0 Å². The van der Waals surface area contributed by atoms with Crippen LogP contribution in [0, 0.1) is 0 Å². The van der Waals surface area contributed by atoms with Crippen molar-refractivity contribution in [3.05, 3.63) is 218 Å². The van der Waals surface area contributed by atoms with Gasteiger partial charge < -0.3 is 9.47 Å². The van der Waals surface area contributed by atoms with Crippen molar-refractivity contribution in [2.45, 2.75) is 0 Å². The van der Waals surface area contributed by atoms with Crippen LogP contribution in [0.15, 0.2) is 218 Å². The van der Waals surface area contributed by atoms with E-state index in [2.05, 4.69) is 228 Å². The average Bonchev–Trinajstić information content (AvgIpc) is 3.59. The molecule has 0 unspecified atom stereocenters. The van der Waals surface area contributed by atoms with Gasteiger partial charge in [0.1, 0.15) is 0 Å². The maximum absolute atomic E-state index is 2.43. The molecular formula is C52H36N2. The first-order valence-electron chi connectivity index (χ1n) is 18.5. The highest BCUT2D eigenvalue weighted by Gasteiger charge is 2.22. The van der Waals surface area contributed by atoms with Gasteiger partial charge in [0.25, 0.3) is 0 Å². The van der Waals surface area contributed by atoms with E-state index in [1.807, 2.05) is 0 Å². The monoisotopic (exact) mass is 688 g/mol. The van der Waals surface area contributed by atoms with E-state index in [9.17, 15) is 0 Å². The van der Waals surface area contributed by atoms with Crippen molar-refractivity contribution < 1.29 is 0 Å². The van der Waals surface area contributed by atoms with Gasteiger partial charge in [0.15, 0.2) is 0 Å². The number of nitrogens with zero attached hydrogens (tertiary/aromatic N) is 2. The first kappa shape index (κ1) is 31.6. The molecule has 0 saturated carbocycles. The number of aromatic nitrogens is 1. The van der Waals surface area contributed by atoms with Gasteiger partial charge in [0, 0.05) is 27.8 Å². The van der Waals surface area contributed by atoms with Gasteiger partial charge in [-0.3, -0.25) is 0 Å². The fraction of sp³-hybridized carbons (Fsp3) is 0. The summed E-state index contributed by atoms with van der Waals surface area (Å²) in [7, 11) is 0. The van der Waals surface area contributed by atoms with E-state index in [4.69, 9.17) is 0 Å².